The van der Waals surface area contributed by atoms with Crippen molar-refractivity contribution in [2.24, 2.45) is 0 Å². The Bertz CT molecular complexity index is 923. The maximum atomic E-state index is 12.2. The summed E-state index contributed by atoms with van der Waals surface area (Å²) in [6.07, 6.45) is 0. The number of nitrogens with one attached hydrogen (secondary N) is 1. The molecule has 0 bridgehead atoms. The number of anilines is 1. The molecule has 8 heteroatoms. The van der Waals surface area contributed by atoms with E-state index in [4.69, 9.17) is 4.74 Å². The van der Waals surface area contributed by atoms with Crippen LogP contribution in [-0.4, -0.2) is 38.7 Å². The number of carbonyl (C=O) groups excluding carboxylic acids is 2. The van der Waals surface area contributed by atoms with E-state index in [1.807, 2.05) is 0 Å². The molecule has 2 aromatic rings. The smallest absolute Gasteiger partial charge is 0.338 e. The van der Waals surface area contributed by atoms with E-state index < -0.39 is 16.0 Å². The van der Waals surface area contributed by atoms with Crippen molar-refractivity contribution in [3.8, 4) is 0 Å². The van der Waals surface area contributed by atoms with E-state index in [9.17, 15) is 18.0 Å². The largest absolute Gasteiger partial charge is 0.457 e. The lowest BCUT2D eigenvalue weighted by Crippen LogP contribution is -2.22. The van der Waals surface area contributed by atoms with E-state index in [0.29, 0.717) is 11.3 Å². The predicted octanol–water partition coefficient (Wildman–Crippen LogP) is 2.25. The molecule has 2 rings (SSSR count). The second-order valence-electron chi connectivity index (χ2n) is 5.77. The van der Waals surface area contributed by atoms with Gasteiger partial charge in [-0.1, -0.05) is 18.2 Å². The highest BCUT2D eigenvalue weighted by atomic mass is 32.2. The van der Waals surface area contributed by atoms with Gasteiger partial charge in [0, 0.05) is 26.7 Å². The van der Waals surface area contributed by atoms with Gasteiger partial charge in [0.2, 0.25) is 15.9 Å². The predicted molar refractivity (Wildman–Crippen MR) is 97.2 cm³/mol. The van der Waals surface area contributed by atoms with Gasteiger partial charge in [0.15, 0.2) is 0 Å². The number of rotatable bonds is 6. The molecule has 26 heavy (non-hydrogen) atoms. The van der Waals surface area contributed by atoms with E-state index in [-0.39, 0.29) is 23.0 Å². The van der Waals surface area contributed by atoms with E-state index in [2.05, 4.69) is 5.32 Å². The van der Waals surface area contributed by atoms with Gasteiger partial charge in [-0.15, -0.1) is 0 Å². The standard InChI is InChI=1S/C18H20N2O5S/c1-13(21)19-16-8-5-7-15(11-16)18(22)25-12-14-6-4-9-17(10-14)26(23,24)20(2)3/h4-11H,12H2,1-3H3,(H,19,21). The third kappa shape index (κ3) is 4.90. The van der Waals surface area contributed by atoms with Gasteiger partial charge in [-0.25, -0.2) is 17.5 Å². The summed E-state index contributed by atoms with van der Waals surface area (Å²) >= 11 is 0. The van der Waals surface area contributed by atoms with Crippen LogP contribution < -0.4 is 5.32 Å². The summed E-state index contributed by atoms with van der Waals surface area (Å²) in [5.41, 5.74) is 1.33. The Hall–Kier alpha value is -2.71. The van der Waals surface area contributed by atoms with E-state index in [0.717, 1.165) is 4.31 Å². The first kappa shape index (κ1) is 19.6. The number of amides is 1. The zero-order valence-electron chi connectivity index (χ0n) is 14.7. The molecular formula is C18H20N2O5S. The van der Waals surface area contributed by atoms with Crippen LogP contribution in [0, 0.1) is 0 Å². The number of sulfonamides is 1. The van der Waals surface area contributed by atoms with Crippen molar-refractivity contribution in [3.05, 3.63) is 59.7 Å². The van der Waals surface area contributed by atoms with Crippen LogP contribution in [0.3, 0.4) is 0 Å². The molecule has 0 radical (unpaired) electrons. The van der Waals surface area contributed by atoms with Crippen LogP contribution in [0.1, 0.15) is 22.8 Å². The molecular weight excluding hydrogens is 356 g/mol. The molecule has 2 aromatic carbocycles. The Labute approximate surface area is 152 Å². The summed E-state index contributed by atoms with van der Waals surface area (Å²) in [5.74, 6) is -0.812. The minimum atomic E-state index is -3.55. The fraction of sp³-hybridized carbons (Fsp3) is 0.222. The molecule has 0 fully saturated rings. The number of hydrogen-bond acceptors (Lipinski definition) is 5. The number of carbonyl (C=O) groups is 2. The van der Waals surface area contributed by atoms with Gasteiger partial charge in [0.05, 0.1) is 10.5 Å². The first-order valence-corrected chi connectivity index (χ1v) is 9.20. The first-order chi connectivity index (χ1) is 12.2. The van der Waals surface area contributed by atoms with Crippen molar-refractivity contribution < 1.29 is 22.7 Å². The second kappa shape index (κ2) is 8.11. The molecule has 0 spiro atoms. The monoisotopic (exact) mass is 376 g/mol. The van der Waals surface area contributed by atoms with Crippen LogP contribution in [0.15, 0.2) is 53.4 Å². The van der Waals surface area contributed by atoms with Crippen molar-refractivity contribution >= 4 is 27.6 Å². The Balaban J connectivity index is 2.10. The van der Waals surface area contributed by atoms with Gasteiger partial charge in [-0.3, -0.25) is 4.79 Å². The summed E-state index contributed by atoms with van der Waals surface area (Å²) in [4.78, 5) is 23.4. The van der Waals surface area contributed by atoms with Crippen molar-refractivity contribution in [2.75, 3.05) is 19.4 Å². The normalized spacial score (nSPS) is 11.2. The van der Waals surface area contributed by atoms with Crippen LogP contribution in [-0.2, 0) is 26.2 Å². The number of esters is 1. The first-order valence-electron chi connectivity index (χ1n) is 7.76. The van der Waals surface area contributed by atoms with Crippen LogP contribution in [0.2, 0.25) is 0 Å². The molecule has 0 saturated carbocycles. The molecule has 0 aliphatic heterocycles. The third-order valence-corrected chi connectivity index (χ3v) is 5.28. The minimum Gasteiger partial charge on any atom is -0.457 e. The fourth-order valence-corrected chi connectivity index (χ4v) is 3.14. The summed E-state index contributed by atoms with van der Waals surface area (Å²) in [6.45, 7) is 1.31. The molecule has 1 amide bonds. The quantitative estimate of drug-likeness (QED) is 0.781. The highest BCUT2D eigenvalue weighted by molar-refractivity contribution is 7.89. The van der Waals surface area contributed by atoms with Gasteiger partial charge in [-0.2, -0.15) is 0 Å². The van der Waals surface area contributed by atoms with Gasteiger partial charge >= 0.3 is 5.97 Å². The van der Waals surface area contributed by atoms with E-state index >= 15 is 0 Å². The summed E-state index contributed by atoms with van der Waals surface area (Å²) < 4.78 is 30.7. The Morgan fingerprint density at radius 1 is 1.08 bits per heavy atom. The van der Waals surface area contributed by atoms with Crippen LogP contribution >= 0.6 is 0 Å². The molecule has 0 unspecified atom stereocenters. The lowest BCUT2D eigenvalue weighted by molar-refractivity contribution is -0.114. The topological polar surface area (TPSA) is 92.8 Å². The number of ether oxygens (including phenoxy) is 1. The number of benzene rings is 2. The summed E-state index contributed by atoms with van der Waals surface area (Å²) in [6, 6.07) is 12.6. The zero-order chi connectivity index (χ0) is 19.3. The Morgan fingerprint density at radius 2 is 1.77 bits per heavy atom. The van der Waals surface area contributed by atoms with Crippen molar-refractivity contribution in [1.29, 1.82) is 0 Å². The van der Waals surface area contributed by atoms with Crippen LogP contribution in [0.5, 0.6) is 0 Å². The minimum absolute atomic E-state index is 0.0695. The number of nitrogens with zero attached hydrogens (tertiary/aromatic N) is 1. The Kier molecular flexibility index (Phi) is 6.12. The van der Waals surface area contributed by atoms with Gasteiger partial charge in [0.1, 0.15) is 6.61 Å². The van der Waals surface area contributed by atoms with E-state index in [1.54, 1.807) is 30.3 Å². The average Bonchev–Trinajstić information content (AvgIpc) is 2.59. The van der Waals surface area contributed by atoms with E-state index in [1.165, 1.54) is 39.2 Å². The summed E-state index contributed by atoms with van der Waals surface area (Å²) in [7, 11) is -0.658. The molecule has 0 saturated heterocycles. The highest BCUT2D eigenvalue weighted by Crippen LogP contribution is 2.17. The fourth-order valence-electron chi connectivity index (χ4n) is 2.17. The lowest BCUT2D eigenvalue weighted by Gasteiger charge is -2.12. The zero-order valence-corrected chi connectivity index (χ0v) is 15.5. The highest BCUT2D eigenvalue weighted by Gasteiger charge is 2.17. The molecule has 0 atom stereocenters. The maximum Gasteiger partial charge on any atom is 0.338 e. The maximum absolute atomic E-state index is 12.2. The molecule has 0 aromatic heterocycles. The average molecular weight is 376 g/mol. The molecule has 0 heterocycles. The molecule has 1 N–H and O–H groups in total. The van der Waals surface area contributed by atoms with Crippen LogP contribution in [0.25, 0.3) is 0 Å². The molecule has 0 aliphatic carbocycles. The molecule has 7 nitrogen and oxygen atoms in total. The van der Waals surface area contributed by atoms with Crippen molar-refractivity contribution in [2.45, 2.75) is 18.4 Å². The van der Waals surface area contributed by atoms with Gasteiger partial charge in [-0.05, 0) is 35.9 Å². The van der Waals surface area contributed by atoms with Crippen molar-refractivity contribution in [3.63, 3.8) is 0 Å². The molecule has 138 valence electrons. The lowest BCUT2D eigenvalue weighted by atomic mass is 10.2. The number of hydrogen-bond donors (Lipinski definition) is 1. The van der Waals surface area contributed by atoms with Gasteiger partial charge < -0.3 is 10.1 Å². The second-order valence-corrected chi connectivity index (χ2v) is 7.92. The SMILES string of the molecule is CC(=O)Nc1cccc(C(=O)OCc2cccc(S(=O)(=O)N(C)C)c2)c1. The van der Waals surface area contributed by atoms with Crippen LogP contribution in [0.4, 0.5) is 5.69 Å². The summed E-state index contributed by atoms with van der Waals surface area (Å²) in [5, 5.41) is 2.59. The van der Waals surface area contributed by atoms with Gasteiger partial charge in [0.25, 0.3) is 0 Å². The third-order valence-electron chi connectivity index (χ3n) is 3.47. The Morgan fingerprint density at radius 3 is 2.42 bits per heavy atom. The van der Waals surface area contributed by atoms with Crippen molar-refractivity contribution in [1.82, 2.24) is 4.31 Å². The molecule has 0 aliphatic rings.